The second-order valence-electron chi connectivity index (χ2n) is 8.94. The molecule has 0 aliphatic carbocycles. The second kappa shape index (κ2) is 10.4. The van der Waals surface area contributed by atoms with Crippen molar-refractivity contribution in [3.63, 3.8) is 0 Å². The predicted molar refractivity (Wildman–Crippen MR) is 139 cm³/mol. The molecule has 0 spiro atoms. The van der Waals surface area contributed by atoms with Crippen LogP contribution in [0.1, 0.15) is 24.9 Å². The Balaban J connectivity index is 1.35. The molecular weight excluding hydrogens is 498 g/mol. The van der Waals surface area contributed by atoms with Crippen molar-refractivity contribution in [1.82, 2.24) is 9.80 Å². The topological polar surface area (TPSA) is 65.5 Å². The van der Waals surface area contributed by atoms with Gasteiger partial charge < -0.3 is 19.4 Å². The second-order valence-corrected chi connectivity index (χ2v) is 9.77. The van der Waals surface area contributed by atoms with Gasteiger partial charge in [0.1, 0.15) is 11.6 Å². The smallest absolute Gasteiger partial charge is 0.338 e. The number of halogens is 2. The molecule has 5 rings (SSSR count). The molecule has 192 valence electrons. The molecule has 1 saturated heterocycles. The number of anilines is 1. The molecule has 3 aliphatic heterocycles. The molecule has 1 atom stereocenters. The molecule has 0 bridgehead atoms. The Morgan fingerprint density at radius 3 is 2.54 bits per heavy atom. The highest BCUT2D eigenvalue weighted by Gasteiger charge is 2.41. The van der Waals surface area contributed by atoms with Crippen molar-refractivity contribution in [1.29, 1.82) is 0 Å². The number of carbonyl (C=O) groups is 2. The fourth-order valence-electron chi connectivity index (χ4n) is 4.90. The number of hydrogen-bond acceptors (Lipinski definition) is 7. The van der Waals surface area contributed by atoms with Crippen LogP contribution in [0, 0.1) is 11.6 Å². The number of fused-ring (bicyclic) bond motifs is 1. The molecule has 1 amide bonds. The number of benzene rings is 2. The summed E-state index contributed by atoms with van der Waals surface area (Å²) < 4.78 is 33.4. The van der Waals surface area contributed by atoms with Crippen molar-refractivity contribution in [2.24, 2.45) is 4.99 Å². The third-order valence-corrected chi connectivity index (χ3v) is 7.62. The molecule has 0 saturated carbocycles. The van der Waals surface area contributed by atoms with Crippen LogP contribution >= 0.6 is 11.8 Å². The van der Waals surface area contributed by atoms with E-state index < -0.39 is 17.8 Å². The van der Waals surface area contributed by atoms with Crippen molar-refractivity contribution < 1.29 is 23.1 Å². The first-order valence-corrected chi connectivity index (χ1v) is 12.8. The van der Waals surface area contributed by atoms with E-state index in [2.05, 4.69) is 4.99 Å². The van der Waals surface area contributed by atoms with E-state index in [0.717, 1.165) is 0 Å². The van der Waals surface area contributed by atoms with Gasteiger partial charge in [-0.3, -0.25) is 4.79 Å². The number of hydrogen-bond donors (Lipinski definition) is 0. The van der Waals surface area contributed by atoms with E-state index in [1.54, 1.807) is 42.2 Å². The largest absolute Gasteiger partial charge is 0.466 e. The van der Waals surface area contributed by atoms with Gasteiger partial charge in [0.05, 0.1) is 36.5 Å². The van der Waals surface area contributed by atoms with Crippen molar-refractivity contribution in [3.8, 4) is 0 Å². The quantitative estimate of drug-likeness (QED) is 0.539. The minimum absolute atomic E-state index is 0.0785. The average Bonchev–Trinajstić information content (AvgIpc) is 3.29. The lowest BCUT2D eigenvalue weighted by molar-refractivity contribution is -0.136. The maximum Gasteiger partial charge on any atom is 0.338 e. The first-order valence-electron chi connectivity index (χ1n) is 11.9. The fraction of sp³-hybridized carbons (Fsp3) is 0.296. The predicted octanol–water partition coefficient (Wildman–Crippen LogP) is 4.45. The number of nitrogens with zero attached hydrogens (tertiary/aromatic N) is 4. The van der Waals surface area contributed by atoms with Gasteiger partial charge in [-0.2, -0.15) is 0 Å². The lowest BCUT2D eigenvalue weighted by atomic mass is 9.93. The van der Waals surface area contributed by atoms with Crippen molar-refractivity contribution in [2.45, 2.75) is 19.4 Å². The maximum atomic E-state index is 14.2. The van der Waals surface area contributed by atoms with Crippen molar-refractivity contribution >= 4 is 34.5 Å². The number of aliphatic imine (C=N–C) groups is 1. The van der Waals surface area contributed by atoms with Crippen LogP contribution in [-0.2, 0) is 14.3 Å². The van der Waals surface area contributed by atoms with E-state index in [4.69, 9.17) is 4.74 Å². The molecule has 0 N–H and O–H groups in total. The van der Waals surface area contributed by atoms with E-state index >= 15 is 0 Å². The summed E-state index contributed by atoms with van der Waals surface area (Å²) >= 11 is 1.36. The van der Waals surface area contributed by atoms with Crippen LogP contribution in [0.4, 0.5) is 14.5 Å². The number of carbonyl (C=O) groups excluding carboxylic acids is 2. The Morgan fingerprint density at radius 2 is 1.84 bits per heavy atom. The molecule has 1 fully saturated rings. The van der Waals surface area contributed by atoms with Gasteiger partial charge in [0.2, 0.25) is 5.91 Å². The standard InChI is InChI=1S/C27H26F2N4O3S/c1-17-24(26(35)36-2)25(18-6-5-7-19(28)14-18)33-20(16-37-27(33)30-17)15-23(34)32-12-10-31(11-13-32)22-9-4-3-8-21(22)29/h3-9,14,16,25H,10-13,15H2,1-2H3. The molecule has 3 heterocycles. The van der Waals surface area contributed by atoms with Crippen LogP contribution < -0.4 is 4.90 Å². The molecule has 3 aliphatic rings. The van der Waals surface area contributed by atoms with Crippen molar-refractivity contribution in [3.05, 3.63) is 88.1 Å². The van der Waals surface area contributed by atoms with E-state index in [0.29, 0.717) is 59.6 Å². The Bertz CT molecular complexity index is 1330. The summed E-state index contributed by atoms with van der Waals surface area (Å²) in [5.74, 6) is -1.34. The van der Waals surface area contributed by atoms with E-state index in [9.17, 15) is 18.4 Å². The first kappa shape index (κ1) is 25.0. The lowest BCUT2D eigenvalue weighted by Crippen LogP contribution is -2.49. The normalized spacial score (nSPS) is 19.5. The fourth-order valence-corrected chi connectivity index (χ4v) is 5.87. The summed E-state index contributed by atoms with van der Waals surface area (Å²) in [7, 11) is 1.30. The molecule has 2 aromatic rings. The number of amidine groups is 1. The Labute approximate surface area is 218 Å². The molecule has 0 radical (unpaired) electrons. The van der Waals surface area contributed by atoms with Gasteiger partial charge >= 0.3 is 5.97 Å². The zero-order valence-corrected chi connectivity index (χ0v) is 21.3. The first-order chi connectivity index (χ1) is 17.9. The number of esters is 1. The van der Waals surface area contributed by atoms with Gasteiger partial charge in [0.15, 0.2) is 5.17 Å². The third-order valence-electron chi connectivity index (χ3n) is 6.73. The van der Waals surface area contributed by atoms with Crippen LogP contribution in [0.3, 0.4) is 0 Å². The van der Waals surface area contributed by atoms with Gasteiger partial charge in [-0.1, -0.05) is 36.0 Å². The molecule has 7 nitrogen and oxygen atoms in total. The summed E-state index contributed by atoms with van der Waals surface area (Å²) in [4.78, 5) is 36.2. The Hall–Kier alpha value is -3.66. The summed E-state index contributed by atoms with van der Waals surface area (Å²) in [6, 6.07) is 12.0. The van der Waals surface area contributed by atoms with Crippen LogP contribution in [-0.4, -0.2) is 60.1 Å². The highest BCUT2D eigenvalue weighted by atomic mass is 32.2. The zero-order chi connectivity index (χ0) is 26.1. The minimum Gasteiger partial charge on any atom is -0.466 e. The summed E-state index contributed by atoms with van der Waals surface area (Å²) in [6.07, 6.45) is 0.0883. The number of rotatable bonds is 5. The van der Waals surface area contributed by atoms with E-state index in [1.807, 2.05) is 15.2 Å². The highest BCUT2D eigenvalue weighted by Crippen LogP contribution is 2.45. The third kappa shape index (κ3) is 4.85. The van der Waals surface area contributed by atoms with Crippen LogP contribution in [0.15, 0.2) is 75.9 Å². The van der Waals surface area contributed by atoms with Gasteiger partial charge in [-0.15, -0.1) is 0 Å². The van der Waals surface area contributed by atoms with Gasteiger partial charge in [0.25, 0.3) is 0 Å². The summed E-state index contributed by atoms with van der Waals surface area (Å²) in [5.41, 5.74) is 2.57. The number of amides is 1. The van der Waals surface area contributed by atoms with Gasteiger partial charge in [-0.25, -0.2) is 18.6 Å². The van der Waals surface area contributed by atoms with Crippen LogP contribution in [0.5, 0.6) is 0 Å². The van der Waals surface area contributed by atoms with Gasteiger partial charge in [-0.05, 0) is 42.2 Å². The maximum absolute atomic E-state index is 14.2. The molecule has 2 aromatic carbocycles. The molecule has 37 heavy (non-hydrogen) atoms. The number of allylic oxidation sites excluding steroid dienone is 1. The SMILES string of the molecule is COC(=O)C1=C(C)N=C2SC=C(CC(=O)N3CCN(c4ccccc4F)CC3)N2C1c1cccc(F)c1. The van der Waals surface area contributed by atoms with Crippen LogP contribution in [0.2, 0.25) is 0 Å². The number of ether oxygens (including phenoxy) is 1. The van der Waals surface area contributed by atoms with Crippen molar-refractivity contribution in [2.75, 3.05) is 38.2 Å². The molecule has 10 heteroatoms. The molecule has 0 aromatic heterocycles. The van der Waals surface area contributed by atoms with E-state index in [1.165, 1.54) is 37.1 Å². The van der Waals surface area contributed by atoms with Gasteiger partial charge in [0, 0.05) is 31.9 Å². The highest BCUT2D eigenvalue weighted by molar-refractivity contribution is 8.16. The Morgan fingerprint density at radius 1 is 1.08 bits per heavy atom. The summed E-state index contributed by atoms with van der Waals surface area (Å²) in [6.45, 7) is 3.71. The monoisotopic (exact) mass is 524 g/mol. The number of methoxy groups -OCH3 is 1. The Kier molecular flexibility index (Phi) is 7.01. The average molecular weight is 525 g/mol. The zero-order valence-electron chi connectivity index (χ0n) is 20.5. The number of piperazine rings is 1. The number of thioether (sulfide) groups is 1. The number of para-hydroxylation sites is 1. The minimum atomic E-state index is -0.678. The molecular formula is C27H26F2N4O3S. The lowest BCUT2D eigenvalue weighted by Gasteiger charge is -2.38. The summed E-state index contributed by atoms with van der Waals surface area (Å²) in [5, 5.41) is 2.47. The molecule has 1 unspecified atom stereocenters. The van der Waals surface area contributed by atoms with Crippen LogP contribution in [0.25, 0.3) is 0 Å². The van der Waals surface area contributed by atoms with E-state index in [-0.39, 0.29) is 18.1 Å².